The summed E-state index contributed by atoms with van der Waals surface area (Å²) in [5, 5.41) is 7.21. The van der Waals surface area contributed by atoms with Crippen LogP contribution in [0, 0.1) is 0 Å². The number of nitrogens with zero attached hydrogens (tertiary/aromatic N) is 5. The number of likely N-dealkylation sites (N-methyl/N-ethyl adjacent to an activating group) is 2. The molecule has 3 rings (SSSR count). The number of aliphatic imine (C=N–C) groups is 2. The van der Waals surface area contributed by atoms with E-state index >= 15 is 0 Å². The summed E-state index contributed by atoms with van der Waals surface area (Å²) in [7, 11) is 7.58. The number of carbonyl (C=O) groups excluding carboxylic acids is 1. The number of benzene rings is 2. The molecule has 0 fully saturated rings. The molecule has 0 spiro atoms. The van der Waals surface area contributed by atoms with Gasteiger partial charge in [0.15, 0.2) is 0 Å². The number of ether oxygens (including phenoxy) is 1. The van der Waals surface area contributed by atoms with Crippen molar-refractivity contribution in [3.8, 4) is 5.75 Å². The van der Waals surface area contributed by atoms with Crippen molar-refractivity contribution in [2.75, 3.05) is 56.9 Å². The second kappa shape index (κ2) is 12.5. The smallest absolute Gasteiger partial charge is 0.247 e. The lowest BCUT2D eigenvalue weighted by Gasteiger charge is -2.26. The van der Waals surface area contributed by atoms with E-state index in [1.165, 1.54) is 6.08 Å². The lowest BCUT2D eigenvalue weighted by atomic mass is 10.2. The largest absolute Gasteiger partial charge is 0.494 e. The van der Waals surface area contributed by atoms with E-state index in [1.807, 2.05) is 75.2 Å². The van der Waals surface area contributed by atoms with Gasteiger partial charge in [0.2, 0.25) is 11.9 Å². The Bertz CT molecular complexity index is 1340. The van der Waals surface area contributed by atoms with Gasteiger partial charge in [-0.15, -0.1) is 0 Å². The van der Waals surface area contributed by atoms with Gasteiger partial charge in [-0.2, -0.15) is 4.99 Å². The highest BCUT2D eigenvalue weighted by molar-refractivity contribution is 6.04. The minimum absolute atomic E-state index is 0.277. The predicted octanol–water partition coefficient (Wildman–Crippen LogP) is 4.76. The maximum absolute atomic E-state index is 12.2. The number of para-hydroxylation sites is 1. The second-order valence-electron chi connectivity index (χ2n) is 8.60. The fourth-order valence-electron chi connectivity index (χ4n) is 3.78. The molecule has 194 valence electrons. The van der Waals surface area contributed by atoms with Crippen LogP contribution in [0.4, 0.5) is 17.1 Å². The molecule has 0 aliphatic heterocycles. The number of methoxy groups -OCH3 is 1. The highest BCUT2D eigenvalue weighted by atomic mass is 16.5. The normalized spacial score (nSPS) is 11.9. The second-order valence-corrected chi connectivity index (χ2v) is 8.60. The number of aromatic nitrogens is 1. The lowest BCUT2D eigenvalue weighted by Crippen LogP contribution is -2.29. The van der Waals surface area contributed by atoms with Gasteiger partial charge in [-0.05, 0) is 63.5 Å². The van der Waals surface area contributed by atoms with Crippen LogP contribution in [-0.4, -0.2) is 69.4 Å². The predicted molar refractivity (Wildman–Crippen MR) is 156 cm³/mol. The average Bonchev–Trinajstić information content (AvgIpc) is 3.33. The molecule has 0 atom stereocenters. The number of allylic oxidation sites excluding steroid dienone is 1. The Kier molecular flexibility index (Phi) is 9.23. The fraction of sp³-hybridized carbons (Fsp3) is 0.250. The van der Waals surface area contributed by atoms with E-state index in [0.717, 1.165) is 29.7 Å². The van der Waals surface area contributed by atoms with Crippen molar-refractivity contribution in [2.24, 2.45) is 9.98 Å². The minimum atomic E-state index is -0.315. The van der Waals surface area contributed by atoms with Crippen molar-refractivity contribution in [1.82, 2.24) is 9.47 Å². The van der Waals surface area contributed by atoms with E-state index in [1.54, 1.807) is 13.2 Å². The standard InChI is InChI=1S/C28H35N7O2/c1-8-26(35-15-14-20-12-10-11-13-23(20)35)32-28(29-3)31-22-18-21(30-27(36)9-2)24(19-25(22)37-7)34(6)17-16-33(4)5/h8-15,18-19H,2-3,16-17H2,1,4-7H3,(H,30,36)(H,31,32)/b26-8+. The Morgan fingerprint density at radius 1 is 1.11 bits per heavy atom. The van der Waals surface area contributed by atoms with Gasteiger partial charge in [0, 0.05) is 32.4 Å². The Morgan fingerprint density at radius 3 is 2.51 bits per heavy atom. The molecule has 0 bridgehead atoms. The highest BCUT2D eigenvalue weighted by Gasteiger charge is 2.17. The number of amides is 1. The molecule has 0 radical (unpaired) electrons. The van der Waals surface area contributed by atoms with Gasteiger partial charge in [-0.25, -0.2) is 4.99 Å². The molecule has 9 nitrogen and oxygen atoms in total. The lowest BCUT2D eigenvalue weighted by molar-refractivity contribution is -0.111. The van der Waals surface area contributed by atoms with Gasteiger partial charge in [0.1, 0.15) is 11.6 Å². The van der Waals surface area contributed by atoms with Crippen molar-refractivity contribution in [2.45, 2.75) is 6.92 Å². The maximum Gasteiger partial charge on any atom is 0.247 e. The third kappa shape index (κ3) is 6.65. The van der Waals surface area contributed by atoms with Crippen molar-refractivity contribution < 1.29 is 9.53 Å². The summed E-state index contributed by atoms with van der Waals surface area (Å²) in [6, 6.07) is 13.8. The van der Waals surface area contributed by atoms with Gasteiger partial charge < -0.3 is 29.7 Å². The molecule has 0 saturated carbocycles. The molecule has 0 aliphatic rings. The number of carbonyl (C=O) groups is 1. The van der Waals surface area contributed by atoms with Gasteiger partial charge in [0.25, 0.3) is 0 Å². The van der Waals surface area contributed by atoms with E-state index in [9.17, 15) is 4.79 Å². The molecule has 1 amide bonds. The highest BCUT2D eigenvalue weighted by Crippen LogP contribution is 2.37. The van der Waals surface area contributed by atoms with Crippen molar-refractivity contribution in [1.29, 1.82) is 0 Å². The Hall–Kier alpha value is -4.37. The van der Waals surface area contributed by atoms with Crippen molar-refractivity contribution >= 4 is 52.4 Å². The van der Waals surface area contributed by atoms with Crippen LogP contribution >= 0.6 is 0 Å². The van der Waals surface area contributed by atoms with Crippen LogP contribution in [0.2, 0.25) is 0 Å². The van der Waals surface area contributed by atoms with Gasteiger partial charge in [-0.3, -0.25) is 4.79 Å². The fourth-order valence-corrected chi connectivity index (χ4v) is 3.78. The molecule has 3 aromatic rings. The molecule has 2 N–H and O–H groups in total. The number of nitrogens with one attached hydrogen (secondary N) is 2. The molecule has 1 heterocycles. The Balaban J connectivity index is 2.01. The van der Waals surface area contributed by atoms with Crippen LogP contribution in [0.1, 0.15) is 6.92 Å². The molecule has 0 unspecified atom stereocenters. The quantitative estimate of drug-likeness (QED) is 0.238. The van der Waals surface area contributed by atoms with Crippen LogP contribution in [0.15, 0.2) is 77.4 Å². The van der Waals surface area contributed by atoms with Crippen LogP contribution < -0.4 is 20.3 Å². The molecule has 9 heteroatoms. The number of anilines is 3. The van der Waals surface area contributed by atoms with Gasteiger partial charge in [0.05, 0.1) is 29.7 Å². The summed E-state index contributed by atoms with van der Waals surface area (Å²) in [6.07, 6.45) is 5.10. The van der Waals surface area contributed by atoms with Crippen molar-refractivity contribution in [3.05, 3.63) is 67.4 Å². The third-order valence-electron chi connectivity index (χ3n) is 5.78. The first kappa shape index (κ1) is 27.2. The maximum atomic E-state index is 12.2. The Labute approximate surface area is 218 Å². The van der Waals surface area contributed by atoms with E-state index in [4.69, 9.17) is 9.73 Å². The van der Waals surface area contributed by atoms with E-state index in [0.29, 0.717) is 22.9 Å². The summed E-state index contributed by atoms with van der Waals surface area (Å²) in [6.45, 7) is 10.8. The minimum Gasteiger partial charge on any atom is -0.494 e. The Morgan fingerprint density at radius 2 is 1.86 bits per heavy atom. The number of rotatable bonds is 10. The van der Waals surface area contributed by atoms with Gasteiger partial charge >= 0.3 is 0 Å². The van der Waals surface area contributed by atoms with Crippen LogP contribution in [-0.2, 0) is 4.79 Å². The number of guanidine groups is 1. The number of hydrogen-bond donors (Lipinski definition) is 2. The molecular weight excluding hydrogens is 466 g/mol. The third-order valence-corrected chi connectivity index (χ3v) is 5.78. The monoisotopic (exact) mass is 501 g/mol. The summed E-state index contributed by atoms with van der Waals surface area (Å²) in [5.74, 6) is 1.20. The zero-order chi connectivity index (χ0) is 26.9. The first-order chi connectivity index (χ1) is 17.8. The van der Waals surface area contributed by atoms with Gasteiger partial charge in [-0.1, -0.05) is 24.8 Å². The number of hydrogen-bond acceptors (Lipinski definition) is 5. The molecular formula is C28H35N7O2. The molecule has 0 saturated heterocycles. The average molecular weight is 502 g/mol. The van der Waals surface area contributed by atoms with E-state index in [2.05, 4.69) is 44.8 Å². The topological polar surface area (TPSA) is 86.5 Å². The van der Waals surface area contributed by atoms with Crippen molar-refractivity contribution in [3.63, 3.8) is 0 Å². The molecule has 1 aromatic heterocycles. The van der Waals surface area contributed by atoms with E-state index < -0.39 is 0 Å². The summed E-state index contributed by atoms with van der Waals surface area (Å²) in [4.78, 5) is 25.2. The summed E-state index contributed by atoms with van der Waals surface area (Å²) in [5.41, 5.74) is 3.00. The molecule has 0 aliphatic carbocycles. The first-order valence-electron chi connectivity index (χ1n) is 11.9. The zero-order valence-corrected chi connectivity index (χ0v) is 22.2. The zero-order valence-electron chi connectivity index (χ0n) is 22.2. The van der Waals surface area contributed by atoms with E-state index in [-0.39, 0.29) is 11.9 Å². The van der Waals surface area contributed by atoms with Crippen LogP contribution in [0.5, 0.6) is 5.75 Å². The molecule has 37 heavy (non-hydrogen) atoms. The SMILES string of the molecule is C=CC(=O)Nc1cc(NC(N=C)=N/C(=C\C)n2ccc3ccccc32)c(OC)cc1N(C)CCN(C)C. The number of fused-ring (bicyclic) bond motifs is 1. The van der Waals surface area contributed by atoms with Crippen LogP contribution in [0.25, 0.3) is 16.7 Å². The summed E-state index contributed by atoms with van der Waals surface area (Å²) < 4.78 is 7.67. The molecule has 2 aromatic carbocycles. The van der Waals surface area contributed by atoms with Crippen LogP contribution in [0.3, 0.4) is 0 Å². The summed E-state index contributed by atoms with van der Waals surface area (Å²) >= 11 is 0. The first-order valence-corrected chi connectivity index (χ1v) is 11.9.